The van der Waals surface area contributed by atoms with Crippen molar-refractivity contribution in [2.45, 2.75) is 33.3 Å². The molecule has 4 aromatic heterocycles. The molecule has 4 heterocycles. The Morgan fingerprint density at radius 3 is 2.63 bits per heavy atom. The van der Waals surface area contributed by atoms with Gasteiger partial charge in [0.1, 0.15) is 22.1 Å². The molecule has 4 aromatic rings. The first-order chi connectivity index (χ1) is 16.5. The van der Waals surface area contributed by atoms with E-state index < -0.39 is 23.7 Å². The Hall–Kier alpha value is -3.78. The van der Waals surface area contributed by atoms with Crippen LogP contribution in [0.5, 0.6) is 0 Å². The third kappa shape index (κ3) is 4.49. The maximum atomic E-state index is 13.7. The van der Waals surface area contributed by atoms with Gasteiger partial charge in [-0.2, -0.15) is 23.4 Å². The van der Waals surface area contributed by atoms with E-state index in [9.17, 15) is 22.8 Å². The summed E-state index contributed by atoms with van der Waals surface area (Å²) in [6.07, 6.45) is -1.79. The molecule has 35 heavy (non-hydrogen) atoms. The van der Waals surface area contributed by atoms with Crippen LogP contribution in [0, 0.1) is 6.92 Å². The average Bonchev–Trinajstić information content (AvgIpc) is 3.50. The van der Waals surface area contributed by atoms with E-state index in [4.69, 9.17) is 10.5 Å². The highest BCUT2D eigenvalue weighted by Gasteiger charge is 2.35. The monoisotopic (exact) mass is 507 g/mol. The fourth-order valence-electron chi connectivity index (χ4n) is 3.64. The molecule has 0 aliphatic heterocycles. The number of aryl methyl sites for hydroxylation is 1. The van der Waals surface area contributed by atoms with Crippen LogP contribution in [-0.2, 0) is 24.2 Å². The van der Waals surface area contributed by atoms with E-state index in [-0.39, 0.29) is 38.8 Å². The Morgan fingerprint density at radius 1 is 1.29 bits per heavy atom. The number of nitrogens with one attached hydrogen (secondary N) is 1. The normalized spacial score (nSPS) is 11.8. The molecule has 0 spiro atoms. The number of thiophene rings is 1. The summed E-state index contributed by atoms with van der Waals surface area (Å²) in [5.74, 6) is -1.61. The second-order valence-corrected chi connectivity index (χ2v) is 8.47. The number of hydrogen-bond acceptors (Lipinski definition) is 7. The lowest BCUT2D eigenvalue weighted by Crippen LogP contribution is -2.17. The number of carbonyl (C=O) groups is 2. The van der Waals surface area contributed by atoms with Crippen LogP contribution in [0.15, 0.2) is 24.5 Å². The number of anilines is 1. The van der Waals surface area contributed by atoms with Crippen molar-refractivity contribution in [1.82, 2.24) is 24.5 Å². The van der Waals surface area contributed by atoms with Crippen LogP contribution < -0.4 is 11.1 Å². The summed E-state index contributed by atoms with van der Waals surface area (Å²) >= 11 is 0.667. The lowest BCUT2D eigenvalue weighted by Gasteiger charge is -2.12. The summed E-state index contributed by atoms with van der Waals surface area (Å²) in [7, 11) is 1.46. The van der Waals surface area contributed by atoms with Crippen molar-refractivity contribution >= 4 is 39.1 Å². The molecule has 0 aliphatic rings. The highest BCUT2D eigenvalue weighted by Crippen LogP contribution is 2.44. The van der Waals surface area contributed by atoms with Gasteiger partial charge in [0, 0.05) is 36.5 Å². The number of carbonyl (C=O) groups excluding carboxylic acids is 2. The van der Waals surface area contributed by atoms with E-state index in [2.05, 4.69) is 20.5 Å². The molecule has 10 nitrogen and oxygen atoms in total. The zero-order chi connectivity index (χ0) is 25.5. The van der Waals surface area contributed by atoms with Crippen molar-refractivity contribution in [3.8, 4) is 11.1 Å². The van der Waals surface area contributed by atoms with Gasteiger partial charge in [0.2, 0.25) is 0 Å². The van der Waals surface area contributed by atoms with Crippen molar-refractivity contribution in [3.05, 3.63) is 46.5 Å². The van der Waals surface area contributed by atoms with E-state index in [1.54, 1.807) is 11.6 Å². The van der Waals surface area contributed by atoms with Crippen LogP contribution in [0.25, 0.3) is 21.3 Å². The van der Waals surface area contributed by atoms with Crippen LogP contribution in [0.4, 0.5) is 18.9 Å². The van der Waals surface area contributed by atoms with Crippen molar-refractivity contribution in [2.24, 2.45) is 5.73 Å². The van der Waals surface area contributed by atoms with Gasteiger partial charge in [0.05, 0.1) is 11.9 Å². The number of halogens is 3. The number of primary amides is 1. The van der Waals surface area contributed by atoms with Gasteiger partial charge in [-0.3, -0.25) is 14.3 Å². The number of nitrogens with two attached hydrogens (primary N) is 1. The van der Waals surface area contributed by atoms with E-state index in [1.165, 1.54) is 30.3 Å². The zero-order valence-corrected chi connectivity index (χ0v) is 19.6. The third-order valence-electron chi connectivity index (χ3n) is 5.24. The number of rotatable bonds is 7. The SMILES string of the molecule is CCn1ncc(-c2cc(C(F)(F)F)nc3sc(C(N)=O)c(NC(=O)c4ccn(COC)n4)c23)c1C. The molecule has 0 radical (unpaired) electrons. The molecule has 0 saturated carbocycles. The van der Waals surface area contributed by atoms with Gasteiger partial charge in [-0.1, -0.05) is 0 Å². The fourth-order valence-corrected chi connectivity index (χ4v) is 4.65. The molecule has 0 aromatic carbocycles. The highest BCUT2D eigenvalue weighted by molar-refractivity contribution is 7.21. The van der Waals surface area contributed by atoms with E-state index in [1.807, 2.05) is 6.92 Å². The number of ether oxygens (including phenoxy) is 1. The van der Waals surface area contributed by atoms with Crippen molar-refractivity contribution < 1.29 is 27.5 Å². The van der Waals surface area contributed by atoms with Crippen molar-refractivity contribution in [3.63, 3.8) is 0 Å². The standard InChI is InChI=1S/C21H20F3N7O3S/c1-4-31-10(2)12(8-26-31)11-7-14(21(22,23)24)27-20-15(11)16(17(35-20)18(25)32)28-19(33)13-5-6-30(29-13)9-34-3/h5-8H,4,9H2,1-3H3,(H2,25,32)(H,28,33). The molecule has 0 aliphatic carbocycles. The summed E-state index contributed by atoms with van der Waals surface area (Å²) in [5.41, 5.74) is 5.47. The first-order valence-electron chi connectivity index (χ1n) is 10.3. The smallest absolute Gasteiger partial charge is 0.365 e. The average molecular weight is 507 g/mol. The molecule has 4 rings (SSSR count). The van der Waals surface area contributed by atoms with E-state index >= 15 is 0 Å². The second-order valence-electron chi connectivity index (χ2n) is 7.48. The Kier molecular flexibility index (Phi) is 6.34. The van der Waals surface area contributed by atoms with E-state index in [0.717, 1.165) is 6.07 Å². The van der Waals surface area contributed by atoms with Gasteiger partial charge in [-0.25, -0.2) is 9.67 Å². The topological polar surface area (TPSA) is 130 Å². The van der Waals surface area contributed by atoms with Crippen molar-refractivity contribution in [2.75, 3.05) is 12.4 Å². The minimum Gasteiger partial charge on any atom is -0.365 e. The molecular weight excluding hydrogens is 487 g/mol. The third-order valence-corrected chi connectivity index (χ3v) is 6.34. The second kappa shape index (κ2) is 9.11. The van der Waals surface area contributed by atoms with Crippen LogP contribution in [-0.4, -0.2) is 43.5 Å². The molecule has 184 valence electrons. The molecule has 3 N–H and O–H groups in total. The Morgan fingerprint density at radius 2 is 2.03 bits per heavy atom. The molecule has 0 atom stereocenters. The summed E-state index contributed by atoms with van der Waals surface area (Å²) in [4.78, 5) is 28.7. The Bertz CT molecular complexity index is 1440. The summed E-state index contributed by atoms with van der Waals surface area (Å²) in [6.45, 7) is 4.16. The van der Waals surface area contributed by atoms with Gasteiger partial charge in [-0.15, -0.1) is 11.3 Å². The minimum absolute atomic E-state index is 0.00762. The lowest BCUT2D eigenvalue weighted by atomic mass is 10.0. The molecule has 2 amide bonds. The molecule has 0 fully saturated rings. The Balaban J connectivity index is 1.95. The van der Waals surface area contributed by atoms with Gasteiger partial charge < -0.3 is 15.8 Å². The highest BCUT2D eigenvalue weighted by atomic mass is 32.1. The summed E-state index contributed by atoms with van der Waals surface area (Å²) in [5, 5.41) is 11.1. The van der Waals surface area contributed by atoms with Gasteiger partial charge >= 0.3 is 6.18 Å². The maximum absolute atomic E-state index is 13.7. The number of alkyl halides is 3. The number of methoxy groups -OCH3 is 1. The predicted molar refractivity (Wildman–Crippen MR) is 122 cm³/mol. The van der Waals surface area contributed by atoms with Gasteiger partial charge in [0.15, 0.2) is 5.69 Å². The largest absolute Gasteiger partial charge is 0.433 e. The molecule has 0 bridgehead atoms. The minimum atomic E-state index is -4.74. The molecule has 14 heteroatoms. The first-order valence-corrected chi connectivity index (χ1v) is 11.1. The number of aromatic nitrogens is 5. The Labute approximate surface area is 200 Å². The van der Waals surface area contributed by atoms with Crippen LogP contribution in [0.3, 0.4) is 0 Å². The summed E-state index contributed by atoms with van der Waals surface area (Å²) in [6, 6.07) is 2.32. The fraction of sp³-hybridized carbons (Fsp3) is 0.286. The van der Waals surface area contributed by atoms with Crippen LogP contribution >= 0.6 is 11.3 Å². The molecule has 0 saturated heterocycles. The van der Waals surface area contributed by atoms with Crippen molar-refractivity contribution in [1.29, 1.82) is 0 Å². The van der Waals surface area contributed by atoms with E-state index in [0.29, 0.717) is 29.1 Å². The quantitative estimate of drug-likeness (QED) is 0.393. The number of fused-ring (bicyclic) bond motifs is 1. The van der Waals surface area contributed by atoms with Gasteiger partial charge in [-0.05, 0) is 31.5 Å². The zero-order valence-electron chi connectivity index (χ0n) is 18.8. The number of hydrogen-bond donors (Lipinski definition) is 2. The predicted octanol–water partition coefficient (Wildman–Crippen LogP) is 3.66. The van der Waals surface area contributed by atoms with Gasteiger partial charge in [0.25, 0.3) is 11.8 Å². The van der Waals surface area contributed by atoms with Crippen LogP contribution in [0.2, 0.25) is 0 Å². The lowest BCUT2D eigenvalue weighted by molar-refractivity contribution is -0.140. The molecular formula is C21H20F3N7O3S. The molecule has 0 unspecified atom stereocenters. The first kappa shape index (κ1) is 24.3. The number of pyridine rings is 1. The number of amides is 2. The number of nitrogens with zero attached hydrogens (tertiary/aromatic N) is 5. The maximum Gasteiger partial charge on any atom is 0.433 e. The summed E-state index contributed by atoms with van der Waals surface area (Å²) < 4.78 is 49.0. The van der Waals surface area contributed by atoms with Crippen LogP contribution in [0.1, 0.15) is 38.5 Å².